The first-order chi connectivity index (χ1) is 10.4. The quantitative estimate of drug-likeness (QED) is 0.788. The van der Waals surface area contributed by atoms with Gasteiger partial charge in [0.2, 0.25) is 12.2 Å². The lowest BCUT2D eigenvalue weighted by Gasteiger charge is -2.21. The molecule has 2 rings (SSSR count). The van der Waals surface area contributed by atoms with Gasteiger partial charge in [0.25, 0.3) is 0 Å². The van der Waals surface area contributed by atoms with Crippen molar-refractivity contribution in [3.05, 3.63) is 53.1 Å². The third kappa shape index (κ3) is 3.11. The normalized spacial score (nSPS) is 11.8. The molecule has 0 fully saturated rings. The Kier molecular flexibility index (Phi) is 4.50. The number of rotatable bonds is 5. The largest absolute Gasteiger partial charge is 0.426 e. The molecule has 0 spiro atoms. The highest BCUT2D eigenvalue weighted by molar-refractivity contribution is 5.83. The molecule has 116 valence electrons. The van der Waals surface area contributed by atoms with Crippen molar-refractivity contribution in [3.8, 4) is 0 Å². The van der Waals surface area contributed by atoms with Gasteiger partial charge in [-0.25, -0.2) is 4.39 Å². The fraction of sp³-hybridized carbons (Fsp3) is 0.286. The Bertz CT molecular complexity index is 682. The van der Waals surface area contributed by atoms with Crippen LogP contribution in [0.25, 0.3) is 0 Å². The minimum Gasteiger partial charge on any atom is -0.347 e. The van der Waals surface area contributed by atoms with Gasteiger partial charge in [0.05, 0.1) is 0 Å². The summed E-state index contributed by atoms with van der Waals surface area (Å²) >= 11 is 0. The van der Waals surface area contributed by atoms with Crippen LogP contribution in [0.5, 0.6) is 0 Å². The molecule has 0 saturated heterocycles. The van der Waals surface area contributed by atoms with E-state index < -0.39 is 11.9 Å². The second-order valence-corrected chi connectivity index (χ2v) is 4.81. The van der Waals surface area contributed by atoms with E-state index >= 15 is 0 Å². The summed E-state index contributed by atoms with van der Waals surface area (Å²) in [5.41, 5.74) is 0.582. The first-order valence-electron chi connectivity index (χ1n) is 6.45. The second-order valence-electron chi connectivity index (χ2n) is 4.81. The first-order valence-corrected chi connectivity index (χ1v) is 6.45. The predicted molar refractivity (Wildman–Crippen MR) is 75.8 cm³/mol. The highest BCUT2D eigenvalue weighted by Crippen LogP contribution is 2.23. The number of nitrogens with zero attached hydrogens (tertiary/aromatic N) is 4. The van der Waals surface area contributed by atoms with E-state index in [4.69, 9.17) is 0 Å². The Hall–Kier alpha value is -2.77. The van der Waals surface area contributed by atoms with Gasteiger partial charge in [-0.15, -0.1) is 0 Å². The maximum atomic E-state index is 13.1. The minimum absolute atomic E-state index is 0.0150. The van der Waals surface area contributed by atoms with Gasteiger partial charge < -0.3 is 9.74 Å². The third-order valence-corrected chi connectivity index (χ3v) is 3.10. The summed E-state index contributed by atoms with van der Waals surface area (Å²) in [6.07, 6.45) is 2.75. The topological polar surface area (TPSA) is 67.4 Å². The van der Waals surface area contributed by atoms with Crippen molar-refractivity contribution in [2.75, 3.05) is 21.2 Å². The van der Waals surface area contributed by atoms with Crippen LogP contribution >= 0.6 is 0 Å². The summed E-state index contributed by atoms with van der Waals surface area (Å²) in [6.45, 7) is 0. The summed E-state index contributed by atoms with van der Waals surface area (Å²) in [7, 11) is 4.45. The van der Waals surface area contributed by atoms with Crippen LogP contribution in [0, 0.1) is 10.7 Å². The average Bonchev–Trinajstić information content (AvgIpc) is 2.98. The van der Waals surface area contributed by atoms with Crippen LogP contribution in [0.15, 0.2) is 36.8 Å². The zero-order valence-corrected chi connectivity index (χ0v) is 12.4. The molecule has 7 nitrogen and oxygen atoms in total. The molecule has 22 heavy (non-hydrogen) atoms. The highest BCUT2D eigenvalue weighted by Gasteiger charge is 2.28. The number of hydrogen-bond acceptors (Lipinski definition) is 4. The number of amides is 1. The molecule has 1 aromatic carbocycles. The molecule has 1 unspecified atom stereocenters. The van der Waals surface area contributed by atoms with Crippen molar-refractivity contribution in [1.82, 2.24) is 14.5 Å². The minimum atomic E-state index is -0.748. The Balaban J connectivity index is 2.44. The zero-order valence-electron chi connectivity index (χ0n) is 12.4. The monoisotopic (exact) mass is 307 g/mol. The number of carbonyl (C=O) groups excluding carboxylic acids is 1. The molecule has 0 aliphatic rings. The van der Waals surface area contributed by atoms with E-state index in [-0.39, 0.29) is 16.6 Å². The van der Waals surface area contributed by atoms with Crippen molar-refractivity contribution in [2.24, 2.45) is 0 Å². The summed E-state index contributed by atoms with van der Waals surface area (Å²) in [5, 5.41) is 0. The first kappa shape index (κ1) is 15.6. The Morgan fingerprint density at radius 1 is 1.36 bits per heavy atom. The van der Waals surface area contributed by atoms with E-state index in [0.29, 0.717) is 5.56 Å². The van der Waals surface area contributed by atoms with Crippen LogP contribution in [0.3, 0.4) is 0 Å². The highest BCUT2D eigenvalue weighted by atomic mass is 19.1. The standard InChI is InChI=1S/C14H16FN4O3/c1-17(2)14(20)13(10-4-6-11(15)7-5-10)18-8-12(16-9-18)19(21)22-3/h4-9,13H,1-3H3/q+1. The lowest BCUT2D eigenvalue weighted by atomic mass is 10.1. The van der Waals surface area contributed by atoms with Gasteiger partial charge in [0.1, 0.15) is 25.2 Å². The van der Waals surface area contributed by atoms with E-state index in [0.717, 1.165) is 0 Å². The second kappa shape index (κ2) is 6.33. The lowest BCUT2D eigenvalue weighted by Crippen LogP contribution is -2.32. The molecule has 0 aliphatic carbocycles. The number of hydrogen-bond donors (Lipinski definition) is 0. The van der Waals surface area contributed by atoms with Crippen molar-refractivity contribution in [3.63, 3.8) is 0 Å². The molecular formula is C14H16FN4O3+. The SMILES string of the molecule is CO[N+](=O)c1cn(C(C(=O)N(C)C)c2ccc(F)cc2)cn1. The zero-order chi connectivity index (χ0) is 16.3. The number of imidazole rings is 1. The number of carbonyl (C=O) groups is 1. The van der Waals surface area contributed by atoms with Crippen molar-refractivity contribution in [1.29, 1.82) is 0 Å². The molecule has 0 saturated carbocycles. The molecule has 1 atom stereocenters. The van der Waals surface area contributed by atoms with Crippen molar-refractivity contribution < 1.29 is 18.9 Å². The molecule has 1 aromatic heterocycles. The molecule has 0 aliphatic heterocycles. The molecule has 8 heteroatoms. The van der Waals surface area contributed by atoms with Crippen LogP contribution in [0.2, 0.25) is 0 Å². The summed E-state index contributed by atoms with van der Waals surface area (Å²) in [6, 6.07) is 4.84. The van der Waals surface area contributed by atoms with Crippen molar-refractivity contribution in [2.45, 2.75) is 6.04 Å². The molecule has 0 radical (unpaired) electrons. The molecule has 0 N–H and O–H groups in total. The molecule has 2 aromatic rings. The Labute approximate surface area is 126 Å². The molecule has 0 bridgehead atoms. The van der Waals surface area contributed by atoms with Gasteiger partial charge in [-0.2, -0.15) is 0 Å². The van der Waals surface area contributed by atoms with Gasteiger partial charge in [-0.05, 0) is 27.6 Å². The van der Waals surface area contributed by atoms with Gasteiger partial charge in [0, 0.05) is 14.1 Å². The van der Waals surface area contributed by atoms with E-state index in [9.17, 15) is 14.1 Å². The van der Waals surface area contributed by atoms with E-state index in [2.05, 4.69) is 9.82 Å². The maximum Gasteiger partial charge on any atom is 0.426 e. The number of aromatic nitrogens is 2. The summed E-state index contributed by atoms with van der Waals surface area (Å²) in [5.74, 6) is -0.608. The Morgan fingerprint density at radius 2 is 2.00 bits per heavy atom. The number of benzene rings is 1. The van der Waals surface area contributed by atoms with Crippen LogP contribution in [-0.2, 0) is 9.63 Å². The summed E-state index contributed by atoms with van der Waals surface area (Å²) in [4.78, 5) is 33.9. The fourth-order valence-corrected chi connectivity index (χ4v) is 1.99. The van der Waals surface area contributed by atoms with Crippen LogP contribution in [-0.4, -0.2) is 46.5 Å². The predicted octanol–water partition coefficient (Wildman–Crippen LogP) is 1.67. The van der Waals surface area contributed by atoms with Crippen LogP contribution < -0.4 is 0 Å². The lowest BCUT2D eigenvalue weighted by molar-refractivity contribution is -0.739. The van der Waals surface area contributed by atoms with Crippen molar-refractivity contribution >= 4 is 11.7 Å². The van der Waals surface area contributed by atoms with E-state index in [1.54, 1.807) is 14.1 Å². The van der Waals surface area contributed by atoms with E-state index in [1.165, 1.54) is 53.4 Å². The van der Waals surface area contributed by atoms with Crippen LogP contribution in [0.4, 0.5) is 10.2 Å². The maximum absolute atomic E-state index is 13.1. The fourth-order valence-electron chi connectivity index (χ4n) is 1.99. The van der Waals surface area contributed by atoms with Gasteiger partial charge in [-0.3, -0.25) is 9.36 Å². The summed E-state index contributed by atoms with van der Waals surface area (Å²) < 4.78 is 14.6. The van der Waals surface area contributed by atoms with Gasteiger partial charge in [-0.1, -0.05) is 12.1 Å². The van der Waals surface area contributed by atoms with E-state index in [1.807, 2.05) is 0 Å². The van der Waals surface area contributed by atoms with Crippen LogP contribution in [0.1, 0.15) is 11.6 Å². The molecule has 1 heterocycles. The van der Waals surface area contributed by atoms with Gasteiger partial charge in [0.15, 0.2) is 4.92 Å². The molecular weight excluding hydrogens is 291 g/mol. The van der Waals surface area contributed by atoms with Gasteiger partial charge >= 0.3 is 5.82 Å². The smallest absolute Gasteiger partial charge is 0.347 e. The number of likely N-dealkylation sites (N-methyl/N-ethyl adjacent to an activating group) is 1. The molecule has 1 amide bonds. The average molecular weight is 307 g/mol. The Morgan fingerprint density at radius 3 is 2.55 bits per heavy atom. The third-order valence-electron chi connectivity index (χ3n) is 3.10. The number of halogens is 1.